The van der Waals surface area contributed by atoms with Crippen LogP contribution in [0.2, 0.25) is 0 Å². The van der Waals surface area contributed by atoms with Crippen molar-refractivity contribution in [3.63, 3.8) is 0 Å². The van der Waals surface area contributed by atoms with Gasteiger partial charge in [0.2, 0.25) is 0 Å². The predicted molar refractivity (Wildman–Crippen MR) is 284 cm³/mol. The minimum Gasteiger partial charge on any atom is -0.310 e. The molecule has 67 heavy (non-hydrogen) atoms. The molecule has 2 aliphatic carbocycles. The summed E-state index contributed by atoms with van der Waals surface area (Å²) in [6.07, 6.45) is 0. The molecular formula is C65H41NS. The summed E-state index contributed by atoms with van der Waals surface area (Å²) in [4.78, 5) is 2.45. The molecule has 0 N–H and O–H groups in total. The van der Waals surface area contributed by atoms with Gasteiger partial charge in [-0.05, 0) is 125 Å². The molecule has 0 unspecified atom stereocenters. The van der Waals surface area contributed by atoms with Crippen LogP contribution in [0, 0.1) is 0 Å². The molecule has 0 saturated heterocycles. The Bertz CT molecular complexity index is 3870. The van der Waals surface area contributed by atoms with E-state index in [1.807, 2.05) is 11.3 Å². The molecule has 312 valence electrons. The summed E-state index contributed by atoms with van der Waals surface area (Å²) in [6, 6.07) is 92.3. The zero-order valence-corrected chi connectivity index (χ0v) is 37.3. The van der Waals surface area contributed by atoms with Crippen molar-refractivity contribution in [3.05, 3.63) is 271 Å². The van der Waals surface area contributed by atoms with Crippen molar-refractivity contribution in [1.82, 2.24) is 0 Å². The molecule has 0 aliphatic heterocycles. The third-order valence-corrected chi connectivity index (χ3v) is 15.7. The number of thiophene rings is 1. The van der Waals surface area contributed by atoms with Gasteiger partial charge < -0.3 is 4.90 Å². The van der Waals surface area contributed by atoms with Crippen LogP contribution in [0.15, 0.2) is 249 Å². The maximum atomic E-state index is 2.45. The fourth-order valence-corrected chi connectivity index (χ4v) is 13.0. The zero-order chi connectivity index (χ0) is 44.1. The molecule has 1 spiro atoms. The third-order valence-electron chi connectivity index (χ3n) is 14.5. The van der Waals surface area contributed by atoms with Gasteiger partial charge in [-0.1, -0.05) is 212 Å². The Kier molecular flexibility index (Phi) is 8.44. The smallest absolute Gasteiger partial charge is 0.0725 e. The number of benzene rings is 11. The topological polar surface area (TPSA) is 3.24 Å². The maximum absolute atomic E-state index is 2.45. The Balaban J connectivity index is 0.926. The summed E-state index contributed by atoms with van der Waals surface area (Å²) >= 11 is 1.89. The van der Waals surface area contributed by atoms with Gasteiger partial charge in [-0.3, -0.25) is 0 Å². The summed E-state index contributed by atoms with van der Waals surface area (Å²) in [5, 5.41) is 5.13. The summed E-state index contributed by atoms with van der Waals surface area (Å²) in [5.74, 6) is 0. The van der Waals surface area contributed by atoms with E-state index < -0.39 is 5.41 Å². The second kappa shape index (κ2) is 14.9. The molecule has 0 radical (unpaired) electrons. The van der Waals surface area contributed by atoms with Gasteiger partial charge in [0, 0.05) is 31.5 Å². The van der Waals surface area contributed by atoms with Crippen LogP contribution in [0.3, 0.4) is 0 Å². The summed E-state index contributed by atoms with van der Waals surface area (Å²) < 4.78 is 2.61. The third kappa shape index (κ3) is 5.54. The lowest BCUT2D eigenvalue weighted by molar-refractivity contribution is 0.794. The van der Waals surface area contributed by atoms with Crippen molar-refractivity contribution >= 4 is 59.3 Å². The Morgan fingerprint density at radius 2 is 0.836 bits per heavy atom. The molecule has 2 aliphatic rings. The summed E-state index contributed by atoms with van der Waals surface area (Å²) in [7, 11) is 0. The van der Waals surface area contributed by atoms with Crippen LogP contribution >= 0.6 is 11.3 Å². The van der Waals surface area contributed by atoms with Gasteiger partial charge in [-0.15, -0.1) is 11.3 Å². The molecule has 1 heterocycles. The fraction of sp³-hybridized carbons (Fsp3) is 0.0154. The van der Waals surface area contributed by atoms with Crippen LogP contribution in [0.4, 0.5) is 17.1 Å². The second-order valence-electron chi connectivity index (χ2n) is 17.9. The number of fused-ring (bicyclic) bond motifs is 15. The molecule has 0 saturated carbocycles. The van der Waals surface area contributed by atoms with Gasteiger partial charge >= 0.3 is 0 Å². The van der Waals surface area contributed by atoms with E-state index in [4.69, 9.17) is 0 Å². The van der Waals surface area contributed by atoms with Crippen LogP contribution < -0.4 is 4.90 Å². The number of nitrogens with zero attached hydrogens (tertiary/aromatic N) is 1. The lowest BCUT2D eigenvalue weighted by Gasteiger charge is -2.30. The normalized spacial score (nSPS) is 12.9. The lowest BCUT2D eigenvalue weighted by atomic mass is 9.70. The first-order chi connectivity index (χ1) is 33.3. The Morgan fingerprint density at radius 1 is 0.313 bits per heavy atom. The highest BCUT2D eigenvalue weighted by Gasteiger charge is 2.52. The Morgan fingerprint density at radius 3 is 1.55 bits per heavy atom. The van der Waals surface area contributed by atoms with Crippen LogP contribution in [0.1, 0.15) is 22.3 Å². The highest BCUT2D eigenvalue weighted by Crippen LogP contribution is 2.64. The van der Waals surface area contributed by atoms with Crippen molar-refractivity contribution in [3.8, 4) is 55.6 Å². The molecule has 12 aromatic rings. The maximum Gasteiger partial charge on any atom is 0.0725 e. The van der Waals surface area contributed by atoms with Gasteiger partial charge in [0.25, 0.3) is 0 Å². The van der Waals surface area contributed by atoms with E-state index in [1.54, 1.807) is 0 Å². The first-order valence-electron chi connectivity index (χ1n) is 23.2. The van der Waals surface area contributed by atoms with Gasteiger partial charge in [-0.2, -0.15) is 0 Å². The molecule has 0 bridgehead atoms. The molecule has 11 aromatic carbocycles. The molecular weight excluding hydrogens is 827 g/mol. The van der Waals surface area contributed by atoms with E-state index in [0.717, 1.165) is 11.4 Å². The molecule has 0 atom stereocenters. The van der Waals surface area contributed by atoms with E-state index in [-0.39, 0.29) is 0 Å². The van der Waals surface area contributed by atoms with E-state index in [9.17, 15) is 0 Å². The van der Waals surface area contributed by atoms with E-state index in [1.165, 1.54) is 115 Å². The molecule has 0 fully saturated rings. The van der Waals surface area contributed by atoms with Crippen molar-refractivity contribution < 1.29 is 0 Å². The van der Waals surface area contributed by atoms with Crippen molar-refractivity contribution in [2.75, 3.05) is 4.90 Å². The highest BCUT2D eigenvalue weighted by atomic mass is 32.1. The van der Waals surface area contributed by atoms with Crippen molar-refractivity contribution in [2.45, 2.75) is 5.41 Å². The summed E-state index contributed by atoms with van der Waals surface area (Å²) in [5.41, 5.74) is 21.0. The molecule has 1 nitrogen and oxygen atoms in total. The number of rotatable bonds is 6. The highest BCUT2D eigenvalue weighted by molar-refractivity contribution is 7.26. The Labute approximate surface area is 394 Å². The van der Waals surface area contributed by atoms with Crippen LogP contribution in [-0.2, 0) is 5.41 Å². The van der Waals surface area contributed by atoms with Crippen LogP contribution in [0.5, 0.6) is 0 Å². The lowest BCUT2D eigenvalue weighted by Crippen LogP contribution is -2.25. The average Bonchev–Trinajstić information content (AvgIpc) is 4.05. The van der Waals surface area contributed by atoms with Gasteiger partial charge in [0.15, 0.2) is 0 Å². The van der Waals surface area contributed by atoms with Gasteiger partial charge in [0.1, 0.15) is 0 Å². The number of hydrogen-bond acceptors (Lipinski definition) is 2. The zero-order valence-electron chi connectivity index (χ0n) is 36.5. The van der Waals surface area contributed by atoms with Gasteiger partial charge in [0.05, 0.1) is 11.1 Å². The number of hydrogen-bond donors (Lipinski definition) is 0. The minimum atomic E-state index is -0.391. The Hall–Kier alpha value is -8.30. The average molecular weight is 868 g/mol. The molecule has 14 rings (SSSR count). The predicted octanol–water partition coefficient (Wildman–Crippen LogP) is 18.0. The standard InChI is InChI=1S/C65H41NS/c1-2-16-42(17-3-1)43-32-37-46(38-33-43)66(60-30-15-31-61-63(60)55-41-36-44-18-4-5-20-49(44)64(55)67-61)47-39-34-45(35-40-47)48-19-6-7-21-50(48)53-25-14-29-59-62(53)54-24-10-13-28-58(54)65(59)56-26-11-8-22-51(56)52-23-9-12-27-57(52)65/h1-41H. The van der Waals surface area contributed by atoms with Crippen LogP contribution in [0.25, 0.3) is 86.6 Å². The van der Waals surface area contributed by atoms with E-state index in [0.29, 0.717) is 0 Å². The second-order valence-corrected chi connectivity index (χ2v) is 18.9. The quantitative estimate of drug-likeness (QED) is 0.161. The molecule has 1 aromatic heterocycles. The van der Waals surface area contributed by atoms with Crippen molar-refractivity contribution in [2.24, 2.45) is 0 Å². The SMILES string of the molecule is c1ccc(-c2ccc(N(c3ccc(-c4ccccc4-c4cccc5c4-c4ccccc4C54c5ccccc5-c5ccccc54)cc3)c3cccc4sc5c6ccccc6ccc5c34)cc2)cc1. The monoisotopic (exact) mass is 867 g/mol. The number of anilines is 3. The largest absolute Gasteiger partial charge is 0.310 e. The fourth-order valence-electron chi connectivity index (χ4n) is 11.7. The summed E-state index contributed by atoms with van der Waals surface area (Å²) in [6.45, 7) is 0. The van der Waals surface area contributed by atoms with Gasteiger partial charge in [-0.25, -0.2) is 0 Å². The molecule has 0 amide bonds. The molecule has 2 heteroatoms. The first kappa shape index (κ1) is 38.0. The first-order valence-corrected chi connectivity index (χ1v) is 24.0. The van der Waals surface area contributed by atoms with Crippen LogP contribution in [-0.4, -0.2) is 0 Å². The van der Waals surface area contributed by atoms with E-state index >= 15 is 0 Å². The minimum absolute atomic E-state index is 0.391. The van der Waals surface area contributed by atoms with E-state index in [2.05, 4.69) is 254 Å². The van der Waals surface area contributed by atoms with Crippen molar-refractivity contribution in [1.29, 1.82) is 0 Å².